The SMILES string of the molecule is CC1(C)c2cc[c-]c3c4ncccc4c4cccc1c4c23.[Ir].[c-]1ccccc1-c1cnccn1. The summed E-state index contributed by atoms with van der Waals surface area (Å²) in [5.74, 6) is 0. The molecule has 0 saturated heterocycles. The fourth-order valence-corrected chi connectivity index (χ4v) is 4.99. The van der Waals surface area contributed by atoms with Crippen molar-refractivity contribution in [2.24, 2.45) is 0 Å². The molecule has 0 N–H and O–H groups in total. The van der Waals surface area contributed by atoms with Crippen LogP contribution in [0, 0.1) is 12.1 Å². The molecule has 0 amide bonds. The standard InChI is InChI=1S/C20H14N.C10H7N2.Ir/c1-20(2)15-9-3-6-12-13-8-5-11-21-19(13)14-7-4-10-16(20)18(14)17(12)15;1-2-4-9(5-3-1)10-8-11-6-7-12-10;/h3-6,8-11H,1-2H3;1-4,6-8H;/q2*-1;. The first kappa shape index (κ1) is 22.3. The fraction of sp³-hybridized carbons (Fsp3) is 0.100. The topological polar surface area (TPSA) is 38.7 Å². The average molecular weight is 616 g/mol. The van der Waals surface area contributed by atoms with Gasteiger partial charge in [-0.15, -0.1) is 65.0 Å². The van der Waals surface area contributed by atoms with Crippen LogP contribution in [0.4, 0.5) is 0 Å². The van der Waals surface area contributed by atoms with Gasteiger partial charge in [0.15, 0.2) is 0 Å². The van der Waals surface area contributed by atoms with E-state index in [1.54, 1.807) is 18.6 Å². The van der Waals surface area contributed by atoms with Gasteiger partial charge in [0.1, 0.15) is 0 Å². The van der Waals surface area contributed by atoms with E-state index in [0.717, 1.165) is 22.2 Å². The summed E-state index contributed by atoms with van der Waals surface area (Å²) in [4.78, 5) is 12.8. The Morgan fingerprint density at radius 1 is 0.706 bits per heavy atom. The van der Waals surface area contributed by atoms with E-state index in [2.05, 4.69) is 71.3 Å². The molecule has 0 saturated carbocycles. The molecule has 0 atom stereocenters. The van der Waals surface area contributed by atoms with E-state index >= 15 is 0 Å². The third-order valence-electron chi connectivity index (χ3n) is 6.54. The molecule has 7 rings (SSSR count). The molecule has 2 heterocycles. The second-order valence-corrected chi connectivity index (χ2v) is 8.76. The molecule has 1 radical (unpaired) electrons. The number of pyridine rings is 1. The molecular formula is C30H21IrN3-2. The second kappa shape index (κ2) is 8.72. The minimum atomic E-state index is 0. The maximum atomic E-state index is 4.64. The van der Waals surface area contributed by atoms with Crippen molar-refractivity contribution in [2.75, 3.05) is 0 Å². The summed E-state index contributed by atoms with van der Waals surface area (Å²) in [5, 5.41) is 6.44. The quantitative estimate of drug-likeness (QED) is 0.149. The summed E-state index contributed by atoms with van der Waals surface area (Å²) >= 11 is 0. The van der Waals surface area contributed by atoms with Crippen LogP contribution >= 0.6 is 0 Å². The smallest absolute Gasteiger partial charge is 0.0432 e. The van der Waals surface area contributed by atoms with Gasteiger partial charge in [-0.1, -0.05) is 43.5 Å². The van der Waals surface area contributed by atoms with Gasteiger partial charge < -0.3 is 9.97 Å². The molecule has 0 unspecified atom stereocenters. The maximum absolute atomic E-state index is 4.64. The summed E-state index contributed by atoms with van der Waals surface area (Å²) in [6.45, 7) is 4.63. The van der Waals surface area contributed by atoms with Crippen molar-refractivity contribution >= 4 is 32.4 Å². The van der Waals surface area contributed by atoms with Gasteiger partial charge in [0.05, 0.1) is 0 Å². The number of hydrogen-bond acceptors (Lipinski definition) is 3. The summed E-state index contributed by atoms with van der Waals surface area (Å²) in [7, 11) is 0. The average Bonchev–Trinajstić information content (AvgIpc) is 3.13. The molecule has 4 heteroatoms. The Labute approximate surface area is 212 Å². The number of nitrogens with zero attached hydrogens (tertiary/aromatic N) is 3. The molecule has 0 fully saturated rings. The number of benzene rings is 4. The zero-order valence-electron chi connectivity index (χ0n) is 18.8. The van der Waals surface area contributed by atoms with Crippen LogP contribution < -0.4 is 0 Å². The first-order valence-corrected chi connectivity index (χ1v) is 11.0. The van der Waals surface area contributed by atoms with Crippen LogP contribution in [0.3, 0.4) is 0 Å². The van der Waals surface area contributed by atoms with E-state index < -0.39 is 0 Å². The minimum absolute atomic E-state index is 0. The first-order chi connectivity index (χ1) is 16.2. The maximum Gasteiger partial charge on any atom is 0.0432 e. The van der Waals surface area contributed by atoms with Crippen LogP contribution in [0.25, 0.3) is 43.7 Å². The van der Waals surface area contributed by atoms with Gasteiger partial charge in [0, 0.05) is 50.6 Å². The third kappa shape index (κ3) is 3.42. The fourth-order valence-electron chi connectivity index (χ4n) is 4.99. The van der Waals surface area contributed by atoms with Gasteiger partial charge in [-0.05, 0) is 38.7 Å². The number of fused-ring (bicyclic) bond motifs is 3. The normalized spacial score (nSPS) is 13.0. The Morgan fingerprint density at radius 2 is 1.56 bits per heavy atom. The molecule has 0 bridgehead atoms. The van der Waals surface area contributed by atoms with Crippen molar-refractivity contribution in [3.63, 3.8) is 0 Å². The zero-order chi connectivity index (χ0) is 22.4. The Bertz CT molecular complexity index is 1510. The van der Waals surface area contributed by atoms with Crippen molar-refractivity contribution in [2.45, 2.75) is 19.3 Å². The van der Waals surface area contributed by atoms with E-state index in [9.17, 15) is 0 Å². The number of aromatic nitrogens is 3. The Balaban J connectivity index is 0.000000159. The van der Waals surface area contributed by atoms with E-state index in [-0.39, 0.29) is 25.5 Å². The van der Waals surface area contributed by atoms with Crippen molar-refractivity contribution < 1.29 is 20.1 Å². The van der Waals surface area contributed by atoms with Gasteiger partial charge in [-0.25, -0.2) is 0 Å². The van der Waals surface area contributed by atoms with Crippen LogP contribution in [-0.2, 0) is 25.5 Å². The number of hydrogen-bond donors (Lipinski definition) is 0. The van der Waals surface area contributed by atoms with E-state index in [4.69, 9.17) is 0 Å². The molecule has 1 aliphatic carbocycles. The van der Waals surface area contributed by atoms with Crippen molar-refractivity contribution in [1.29, 1.82) is 0 Å². The second-order valence-electron chi connectivity index (χ2n) is 8.76. The van der Waals surface area contributed by atoms with E-state index in [1.807, 2.05) is 42.6 Å². The predicted octanol–water partition coefficient (Wildman–Crippen LogP) is 6.92. The van der Waals surface area contributed by atoms with Crippen LogP contribution in [0.5, 0.6) is 0 Å². The van der Waals surface area contributed by atoms with Gasteiger partial charge in [0.2, 0.25) is 0 Å². The van der Waals surface area contributed by atoms with Crippen molar-refractivity contribution in [1.82, 2.24) is 15.0 Å². The Hall–Kier alpha value is -3.46. The summed E-state index contributed by atoms with van der Waals surface area (Å²) < 4.78 is 0. The van der Waals surface area contributed by atoms with Gasteiger partial charge in [0.25, 0.3) is 0 Å². The van der Waals surface area contributed by atoms with Crippen LogP contribution in [0.2, 0.25) is 0 Å². The molecule has 4 aromatic carbocycles. The Morgan fingerprint density at radius 3 is 2.35 bits per heavy atom. The van der Waals surface area contributed by atoms with Gasteiger partial charge >= 0.3 is 0 Å². The molecule has 0 spiro atoms. The molecule has 0 aliphatic heterocycles. The summed E-state index contributed by atoms with van der Waals surface area (Å²) in [6.07, 6.45) is 6.94. The summed E-state index contributed by atoms with van der Waals surface area (Å²) in [5.41, 5.74) is 5.77. The van der Waals surface area contributed by atoms with Crippen molar-refractivity contribution in [3.8, 4) is 11.3 Å². The van der Waals surface area contributed by atoms with Crippen molar-refractivity contribution in [3.05, 3.63) is 115 Å². The predicted molar refractivity (Wildman–Crippen MR) is 134 cm³/mol. The molecule has 1 aliphatic rings. The molecule has 3 nitrogen and oxygen atoms in total. The van der Waals surface area contributed by atoms with Crippen LogP contribution in [-0.4, -0.2) is 15.0 Å². The molecule has 167 valence electrons. The van der Waals surface area contributed by atoms with Gasteiger partial charge in [-0.3, -0.25) is 4.98 Å². The summed E-state index contributed by atoms with van der Waals surface area (Å²) in [6, 6.07) is 29.4. The largest absolute Gasteiger partial charge is 0.304 e. The van der Waals surface area contributed by atoms with Crippen LogP contribution in [0.1, 0.15) is 25.0 Å². The Kier molecular flexibility index (Phi) is 5.73. The van der Waals surface area contributed by atoms with E-state index in [1.165, 1.54) is 32.7 Å². The van der Waals surface area contributed by atoms with Crippen LogP contribution in [0.15, 0.2) is 91.5 Å². The monoisotopic (exact) mass is 616 g/mol. The third-order valence-corrected chi connectivity index (χ3v) is 6.54. The number of rotatable bonds is 1. The minimum Gasteiger partial charge on any atom is -0.304 e. The van der Waals surface area contributed by atoms with Gasteiger partial charge in [-0.2, -0.15) is 0 Å². The molecule has 6 aromatic rings. The molecule has 34 heavy (non-hydrogen) atoms. The van der Waals surface area contributed by atoms with E-state index in [0.29, 0.717) is 0 Å². The zero-order valence-corrected chi connectivity index (χ0v) is 21.2. The first-order valence-electron chi connectivity index (χ1n) is 11.0. The molecular weight excluding hydrogens is 595 g/mol. The molecule has 2 aromatic heterocycles.